The first-order valence-corrected chi connectivity index (χ1v) is 9.63. The molecule has 1 aromatic rings. The molecule has 0 bridgehead atoms. The van der Waals surface area contributed by atoms with Gasteiger partial charge in [-0.05, 0) is 44.2 Å². The smallest absolute Gasteiger partial charge is 0.175 e. The van der Waals surface area contributed by atoms with Crippen LogP contribution in [-0.4, -0.2) is 46.7 Å². The molecule has 0 aliphatic rings. The SMILES string of the molecule is CCOCCCNCCSc1ccc(S(C)(=O)=O)cc1. The molecule has 1 N–H and O–H groups in total. The summed E-state index contributed by atoms with van der Waals surface area (Å²) >= 11 is 1.72. The zero-order chi connectivity index (χ0) is 14.8. The summed E-state index contributed by atoms with van der Waals surface area (Å²) in [6.07, 6.45) is 2.25. The third kappa shape index (κ3) is 7.28. The van der Waals surface area contributed by atoms with Crippen LogP contribution in [-0.2, 0) is 14.6 Å². The maximum Gasteiger partial charge on any atom is 0.175 e. The first-order valence-electron chi connectivity index (χ1n) is 6.75. The molecule has 0 saturated carbocycles. The summed E-state index contributed by atoms with van der Waals surface area (Å²) in [6.45, 7) is 5.49. The largest absolute Gasteiger partial charge is 0.382 e. The van der Waals surface area contributed by atoms with Gasteiger partial charge in [0.2, 0.25) is 0 Å². The Balaban J connectivity index is 2.16. The summed E-state index contributed by atoms with van der Waals surface area (Å²) < 4.78 is 27.9. The van der Waals surface area contributed by atoms with Crippen LogP contribution in [0.25, 0.3) is 0 Å². The van der Waals surface area contributed by atoms with E-state index in [1.165, 1.54) is 6.26 Å². The van der Waals surface area contributed by atoms with Gasteiger partial charge in [0.05, 0.1) is 4.90 Å². The van der Waals surface area contributed by atoms with Crippen molar-refractivity contribution in [3.63, 3.8) is 0 Å². The van der Waals surface area contributed by atoms with Gasteiger partial charge in [-0.3, -0.25) is 0 Å². The first-order chi connectivity index (χ1) is 9.54. The molecule has 0 unspecified atom stereocenters. The Morgan fingerprint density at radius 1 is 1.20 bits per heavy atom. The minimum Gasteiger partial charge on any atom is -0.382 e. The van der Waals surface area contributed by atoms with E-state index in [0.29, 0.717) is 4.90 Å². The predicted molar refractivity (Wildman–Crippen MR) is 84.3 cm³/mol. The second kappa shape index (κ2) is 9.39. The molecule has 0 aliphatic carbocycles. The molecule has 0 aliphatic heterocycles. The van der Waals surface area contributed by atoms with Crippen molar-refractivity contribution in [1.82, 2.24) is 5.32 Å². The normalized spacial score (nSPS) is 11.7. The van der Waals surface area contributed by atoms with Gasteiger partial charge < -0.3 is 10.1 Å². The van der Waals surface area contributed by atoms with Crippen molar-refractivity contribution in [2.45, 2.75) is 23.1 Å². The molecule has 114 valence electrons. The van der Waals surface area contributed by atoms with E-state index in [1.807, 2.05) is 19.1 Å². The van der Waals surface area contributed by atoms with Gasteiger partial charge in [-0.25, -0.2) is 8.42 Å². The van der Waals surface area contributed by atoms with E-state index >= 15 is 0 Å². The van der Waals surface area contributed by atoms with Crippen LogP contribution in [0.3, 0.4) is 0 Å². The number of benzene rings is 1. The van der Waals surface area contributed by atoms with Crippen LogP contribution in [0.2, 0.25) is 0 Å². The topological polar surface area (TPSA) is 55.4 Å². The second-order valence-corrected chi connectivity index (χ2v) is 7.58. The Hall–Kier alpha value is -0.560. The second-order valence-electron chi connectivity index (χ2n) is 4.39. The van der Waals surface area contributed by atoms with Gasteiger partial charge in [0.15, 0.2) is 9.84 Å². The van der Waals surface area contributed by atoms with Gasteiger partial charge in [0.1, 0.15) is 0 Å². The molecule has 0 amide bonds. The molecule has 0 heterocycles. The third-order valence-electron chi connectivity index (χ3n) is 2.65. The number of thioether (sulfide) groups is 1. The van der Waals surface area contributed by atoms with Crippen molar-refractivity contribution in [3.05, 3.63) is 24.3 Å². The summed E-state index contributed by atoms with van der Waals surface area (Å²) in [6, 6.07) is 7.03. The maximum atomic E-state index is 11.3. The average molecular weight is 317 g/mol. The minimum absolute atomic E-state index is 0.371. The molecule has 4 nitrogen and oxygen atoms in total. The fraction of sp³-hybridized carbons (Fsp3) is 0.571. The lowest BCUT2D eigenvalue weighted by atomic mass is 10.4. The zero-order valence-corrected chi connectivity index (χ0v) is 13.7. The van der Waals surface area contributed by atoms with Crippen LogP contribution in [0.5, 0.6) is 0 Å². The molecule has 1 aromatic carbocycles. The lowest BCUT2D eigenvalue weighted by Gasteiger charge is -2.05. The van der Waals surface area contributed by atoms with Gasteiger partial charge >= 0.3 is 0 Å². The zero-order valence-electron chi connectivity index (χ0n) is 12.1. The van der Waals surface area contributed by atoms with Crippen LogP contribution >= 0.6 is 11.8 Å². The number of hydrogen-bond donors (Lipinski definition) is 1. The van der Waals surface area contributed by atoms with E-state index in [0.717, 1.165) is 43.4 Å². The Morgan fingerprint density at radius 3 is 2.50 bits per heavy atom. The molecule has 0 saturated heterocycles. The van der Waals surface area contributed by atoms with E-state index in [1.54, 1.807) is 23.9 Å². The fourth-order valence-corrected chi connectivity index (χ4v) is 3.03. The quantitative estimate of drug-likeness (QED) is 0.529. The summed E-state index contributed by atoms with van der Waals surface area (Å²) in [5.74, 6) is 0.965. The van der Waals surface area contributed by atoms with Crippen molar-refractivity contribution in [2.75, 3.05) is 38.3 Å². The fourth-order valence-electron chi connectivity index (χ4n) is 1.59. The highest BCUT2D eigenvalue weighted by Crippen LogP contribution is 2.19. The van der Waals surface area contributed by atoms with Crippen LogP contribution < -0.4 is 5.32 Å². The van der Waals surface area contributed by atoms with Crippen molar-refractivity contribution < 1.29 is 13.2 Å². The average Bonchev–Trinajstić information content (AvgIpc) is 2.41. The van der Waals surface area contributed by atoms with E-state index in [9.17, 15) is 8.42 Å². The highest BCUT2D eigenvalue weighted by atomic mass is 32.2. The van der Waals surface area contributed by atoms with Gasteiger partial charge in [0.25, 0.3) is 0 Å². The van der Waals surface area contributed by atoms with E-state index in [4.69, 9.17) is 4.74 Å². The number of ether oxygens (including phenoxy) is 1. The van der Waals surface area contributed by atoms with Crippen LogP contribution in [0, 0.1) is 0 Å². The highest BCUT2D eigenvalue weighted by molar-refractivity contribution is 7.99. The number of nitrogens with one attached hydrogen (secondary N) is 1. The van der Waals surface area contributed by atoms with Crippen LogP contribution in [0.1, 0.15) is 13.3 Å². The highest BCUT2D eigenvalue weighted by Gasteiger charge is 2.05. The Labute approximate surface area is 126 Å². The minimum atomic E-state index is -3.09. The van der Waals surface area contributed by atoms with Gasteiger partial charge in [-0.2, -0.15) is 0 Å². The van der Waals surface area contributed by atoms with E-state index < -0.39 is 9.84 Å². The van der Waals surface area contributed by atoms with E-state index in [-0.39, 0.29) is 0 Å². The Morgan fingerprint density at radius 2 is 1.90 bits per heavy atom. The number of rotatable bonds is 10. The first kappa shape index (κ1) is 17.5. The number of hydrogen-bond acceptors (Lipinski definition) is 5. The summed E-state index contributed by atoms with van der Waals surface area (Å²) in [5.41, 5.74) is 0. The predicted octanol–water partition coefficient (Wildman–Crippen LogP) is 2.20. The molecule has 6 heteroatoms. The van der Waals surface area contributed by atoms with Gasteiger partial charge in [-0.1, -0.05) is 0 Å². The summed E-state index contributed by atoms with van der Waals surface area (Å²) in [7, 11) is -3.09. The van der Waals surface area contributed by atoms with Crippen LogP contribution in [0.15, 0.2) is 34.1 Å². The van der Waals surface area contributed by atoms with E-state index in [2.05, 4.69) is 5.32 Å². The molecular formula is C14H23NO3S2. The third-order valence-corrected chi connectivity index (χ3v) is 4.79. The lowest BCUT2D eigenvalue weighted by molar-refractivity contribution is 0.145. The maximum absolute atomic E-state index is 11.3. The summed E-state index contributed by atoms with van der Waals surface area (Å²) in [5, 5.41) is 3.35. The standard InChI is InChI=1S/C14H23NO3S2/c1-3-18-11-4-9-15-10-12-19-13-5-7-14(8-6-13)20(2,16)17/h5-8,15H,3-4,9-12H2,1-2H3. The molecule has 20 heavy (non-hydrogen) atoms. The molecule has 0 fully saturated rings. The van der Waals surface area contributed by atoms with Crippen molar-refractivity contribution in [1.29, 1.82) is 0 Å². The van der Waals surface area contributed by atoms with Gasteiger partial charge in [0, 0.05) is 36.7 Å². The molecule has 0 aromatic heterocycles. The molecular weight excluding hydrogens is 294 g/mol. The molecule has 0 atom stereocenters. The Bertz CT molecular complexity index is 472. The molecule has 1 rings (SSSR count). The summed E-state index contributed by atoms with van der Waals surface area (Å²) in [4.78, 5) is 1.46. The lowest BCUT2D eigenvalue weighted by Crippen LogP contribution is -2.19. The van der Waals surface area contributed by atoms with Crippen molar-refractivity contribution >= 4 is 21.6 Å². The number of sulfone groups is 1. The molecule has 0 radical (unpaired) electrons. The molecule has 0 spiro atoms. The van der Waals surface area contributed by atoms with Crippen molar-refractivity contribution in [2.24, 2.45) is 0 Å². The Kier molecular flexibility index (Phi) is 8.21. The van der Waals surface area contributed by atoms with Crippen LogP contribution in [0.4, 0.5) is 0 Å². The van der Waals surface area contributed by atoms with Crippen molar-refractivity contribution in [3.8, 4) is 0 Å². The monoisotopic (exact) mass is 317 g/mol. The van der Waals surface area contributed by atoms with Gasteiger partial charge in [-0.15, -0.1) is 11.8 Å².